The Morgan fingerprint density at radius 2 is 2.04 bits per heavy atom. The van der Waals surface area contributed by atoms with Gasteiger partial charge >= 0.3 is 0 Å². The third-order valence-corrected chi connectivity index (χ3v) is 6.30. The maximum absolute atomic E-state index is 12.9. The van der Waals surface area contributed by atoms with Crippen LogP contribution in [0.1, 0.15) is 32.6 Å². The van der Waals surface area contributed by atoms with Gasteiger partial charge in [-0.05, 0) is 56.9 Å². The summed E-state index contributed by atoms with van der Waals surface area (Å²) < 4.78 is 30.2. The molecule has 2 atom stereocenters. The van der Waals surface area contributed by atoms with E-state index in [4.69, 9.17) is 4.74 Å². The fourth-order valence-electron chi connectivity index (χ4n) is 3.14. The SMILES string of the molecule is COc1ccc(S[C@H](C)C(=O)N2CCCC[C@@H]2CCNS(C)(=O)=O)cc1. The number of hydrogen-bond acceptors (Lipinski definition) is 5. The number of rotatable bonds is 8. The second-order valence-electron chi connectivity index (χ2n) is 6.57. The van der Waals surface area contributed by atoms with Gasteiger partial charge in [-0.3, -0.25) is 4.79 Å². The molecular weight excluding hydrogens is 372 g/mol. The van der Waals surface area contributed by atoms with Crippen LogP contribution in [0.5, 0.6) is 5.75 Å². The maximum atomic E-state index is 12.9. The molecule has 0 bridgehead atoms. The Hall–Kier alpha value is -1.25. The topological polar surface area (TPSA) is 75.7 Å². The van der Waals surface area contributed by atoms with E-state index in [1.807, 2.05) is 36.1 Å². The Bertz CT molecular complexity index is 692. The van der Waals surface area contributed by atoms with Crippen molar-refractivity contribution in [1.29, 1.82) is 0 Å². The van der Waals surface area contributed by atoms with Crippen molar-refractivity contribution in [3.8, 4) is 5.75 Å². The molecule has 1 amide bonds. The normalized spacial score (nSPS) is 19.2. The quantitative estimate of drug-likeness (QED) is 0.679. The number of ether oxygens (including phenoxy) is 1. The molecule has 1 fully saturated rings. The summed E-state index contributed by atoms with van der Waals surface area (Å²) in [6, 6.07) is 7.79. The summed E-state index contributed by atoms with van der Waals surface area (Å²) in [5, 5.41) is -0.188. The zero-order chi connectivity index (χ0) is 19.2. The molecule has 1 N–H and O–H groups in total. The van der Waals surface area contributed by atoms with Crippen molar-refractivity contribution in [3.63, 3.8) is 0 Å². The molecule has 8 heteroatoms. The molecule has 1 aromatic carbocycles. The molecule has 1 aliphatic rings. The number of sulfonamides is 1. The molecule has 1 aromatic rings. The second-order valence-corrected chi connectivity index (χ2v) is 9.82. The van der Waals surface area contributed by atoms with Crippen LogP contribution in [-0.4, -0.2) is 57.0 Å². The minimum absolute atomic E-state index is 0.101. The van der Waals surface area contributed by atoms with Gasteiger partial charge in [-0.1, -0.05) is 0 Å². The highest BCUT2D eigenvalue weighted by atomic mass is 32.2. The van der Waals surface area contributed by atoms with E-state index in [-0.39, 0.29) is 17.2 Å². The fraction of sp³-hybridized carbons (Fsp3) is 0.611. The van der Waals surface area contributed by atoms with Gasteiger partial charge in [-0.2, -0.15) is 0 Å². The van der Waals surface area contributed by atoms with Crippen molar-refractivity contribution < 1.29 is 17.9 Å². The highest BCUT2D eigenvalue weighted by Crippen LogP contribution is 2.29. The standard InChI is InChI=1S/C18H28N2O4S2/c1-14(25-17-9-7-16(24-2)8-10-17)18(21)20-13-5-4-6-15(20)11-12-19-26(3,22)23/h7-10,14-15,19H,4-6,11-13H2,1-3H3/t14-,15-/m1/s1. The van der Waals surface area contributed by atoms with Crippen LogP contribution in [0.25, 0.3) is 0 Å². The molecule has 146 valence electrons. The highest BCUT2D eigenvalue weighted by Gasteiger charge is 2.29. The van der Waals surface area contributed by atoms with E-state index >= 15 is 0 Å². The third-order valence-electron chi connectivity index (χ3n) is 4.47. The summed E-state index contributed by atoms with van der Waals surface area (Å²) >= 11 is 1.54. The molecule has 0 spiro atoms. The lowest BCUT2D eigenvalue weighted by atomic mass is 9.99. The fourth-order valence-corrected chi connectivity index (χ4v) is 4.57. The number of carbonyl (C=O) groups excluding carboxylic acids is 1. The van der Waals surface area contributed by atoms with Crippen LogP contribution in [-0.2, 0) is 14.8 Å². The van der Waals surface area contributed by atoms with Crippen molar-refractivity contribution in [2.75, 3.05) is 26.5 Å². The lowest BCUT2D eigenvalue weighted by Crippen LogP contribution is -2.48. The monoisotopic (exact) mass is 400 g/mol. The number of carbonyl (C=O) groups is 1. The number of likely N-dealkylation sites (tertiary alicyclic amines) is 1. The Balaban J connectivity index is 1.94. The predicted octanol–water partition coefficient (Wildman–Crippen LogP) is 2.50. The molecule has 2 rings (SSSR count). The number of nitrogens with one attached hydrogen (secondary N) is 1. The number of thioether (sulfide) groups is 1. The van der Waals surface area contributed by atoms with Crippen molar-refractivity contribution in [2.24, 2.45) is 0 Å². The van der Waals surface area contributed by atoms with Gasteiger partial charge in [0.25, 0.3) is 0 Å². The Morgan fingerprint density at radius 3 is 2.65 bits per heavy atom. The first-order chi connectivity index (χ1) is 12.3. The maximum Gasteiger partial charge on any atom is 0.236 e. The van der Waals surface area contributed by atoms with Crippen LogP contribution < -0.4 is 9.46 Å². The third kappa shape index (κ3) is 6.48. The van der Waals surface area contributed by atoms with E-state index < -0.39 is 10.0 Å². The van der Waals surface area contributed by atoms with Crippen LogP contribution in [0, 0.1) is 0 Å². The van der Waals surface area contributed by atoms with E-state index in [0.29, 0.717) is 13.0 Å². The summed E-state index contributed by atoms with van der Waals surface area (Å²) in [4.78, 5) is 15.9. The molecule has 0 unspecified atom stereocenters. The van der Waals surface area contributed by atoms with Crippen molar-refractivity contribution in [1.82, 2.24) is 9.62 Å². The molecular formula is C18H28N2O4S2. The lowest BCUT2D eigenvalue weighted by molar-refractivity contribution is -0.134. The minimum Gasteiger partial charge on any atom is -0.497 e. The van der Waals surface area contributed by atoms with E-state index in [2.05, 4.69) is 4.72 Å². The summed E-state index contributed by atoms with van der Waals surface area (Å²) in [7, 11) is -1.56. The number of nitrogens with zero attached hydrogens (tertiary/aromatic N) is 1. The van der Waals surface area contributed by atoms with Crippen molar-refractivity contribution in [2.45, 2.75) is 48.8 Å². The first-order valence-corrected chi connectivity index (χ1v) is 11.6. The summed E-state index contributed by atoms with van der Waals surface area (Å²) in [6.45, 7) is 3.04. The molecule has 1 heterocycles. The Labute approximate surface area is 160 Å². The van der Waals surface area contributed by atoms with Gasteiger partial charge in [-0.15, -0.1) is 11.8 Å². The number of hydrogen-bond donors (Lipinski definition) is 1. The van der Waals surface area contributed by atoms with E-state index in [1.54, 1.807) is 7.11 Å². The Morgan fingerprint density at radius 1 is 1.35 bits per heavy atom. The summed E-state index contributed by atoms with van der Waals surface area (Å²) in [5.74, 6) is 0.915. The molecule has 1 aliphatic heterocycles. The van der Waals surface area contributed by atoms with Gasteiger partial charge in [-0.25, -0.2) is 13.1 Å². The van der Waals surface area contributed by atoms with Crippen LogP contribution in [0.15, 0.2) is 29.2 Å². The molecule has 6 nitrogen and oxygen atoms in total. The van der Waals surface area contributed by atoms with Gasteiger partial charge < -0.3 is 9.64 Å². The number of piperidine rings is 1. The van der Waals surface area contributed by atoms with Crippen molar-refractivity contribution in [3.05, 3.63) is 24.3 Å². The molecule has 1 saturated heterocycles. The number of methoxy groups -OCH3 is 1. The smallest absolute Gasteiger partial charge is 0.236 e. The molecule has 0 aliphatic carbocycles. The van der Waals surface area contributed by atoms with Gasteiger partial charge in [0.2, 0.25) is 15.9 Å². The molecule has 0 radical (unpaired) electrons. The van der Waals surface area contributed by atoms with E-state index in [0.717, 1.165) is 42.7 Å². The van der Waals surface area contributed by atoms with Gasteiger partial charge in [0.15, 0.2) is 0 Å². The second kappa shape index (κ2) is 9.62. The average Bonchev–Trinajstić information content (AvgIpc) is 2.61. The van der Waals surface area contributed by atoms with Gasteiger partial charge in [0.05, 0.1) is 18.6 Å². The van der Waals surface area contributed by atoms with Crippen molar-refractivity contribution >= 4 is 27.7 Å². The molecule has 0 aromatic heterocycles. The summed E-state index contributed by atoms with van der Waals surface area (Å²) in [6.07, 6.45) is 4.81. The van der Waals surface area contributed by atoms with E-state index in [1.165, 1.54) is 11.8 Å². The zero-order valence-corrected chi connectivity index (χ0v) is 17.2. The highest BCUT2D eigenvalue weighted by molar-refractivity contribution is 8.00. The zero-order valence-electron chi connectivity index (χ0n) is 15.6. The van der Waals surface area contributed by atoms with Crippen LogP contribution in [0.4, 0.5) is 0 Å². The average molecular weight is 401 g/mol. The van der Waals surface area contributed by atoms with Crippen LogP contribution in [0.2, 0.25) is 0 Å². The van der Waals surface area contributed by atoms with Gasteiger partial charge in [0.1, 0.15) is 5.75 Å². The molecule has 26 heavy (non-hydrogen) atoms. The lowest BCUT2D eigenvalue weighted by Gasteiger charge is -2.37. The first kappa shape index (κ1) is 21.1. The van der Waals surface area contributed by atoms with Crippen LogP contribution >= 0.6 is 11.8 Å². The largest absolute Gasteiger partial charge is 0.497 e. The van der Waals surface area contributed by atoms with Gasteiger partial charge in [0, 0.05) is 24.0 Å². The van der Waals surface area contributed by atoms with Crippen LogP contribution in [0.3, 0.4) is 0 Å². The number of amides is 1. The minimum atomic E-state index is -3.19. The van der Waals surface area contributed by atoms with E-state index in [9.17, 15) is 13.2 Å². The Kier molecular flexibility index (Phi) is 7.79. The number of benzene rings is 1. The predicted molar refractivity (Wildman–Crippen MR) is 105 cm³/mol. The summed E-state index contributed by atoms with van der Waals surface area (Å²) in [5.41, 5.74) is 0. The first-order valence-electron chi connectivity index (χ1n) is 8.86. The molecule has 0 saturated carbocycles.